The Hall–Kier alpha value is -2.05. The summed E-state index contributed by atoms with van der Waals surface area (Å²) in [6, 6.07) is 7.54. The van der Waals surface area contributed by atoms with Gasteiger partial charge >= 0.3 is 0 Å². The van der Waals surface area contributed by atoms with Gasteiger partial charge in [-0.2, -0.15) is 0 Å². The van der Waals surface area contributed by atoms with Crippen LogP contribution in [0.25, 0.3) is 6.08 Å². The third-order valence-electron chi connectivity index (χ3n) is 4.81. The quantitative estimate of drug-likeness (QED) is 0.480. The first-order valence-electron chi connectivity index (χ1n) is 9.53. The molecule has 1 amide bonds. The lowest BCUT2D eigenvalue weighted by Crippen LogP contribution is -2.27. The monoisotopic (exact) mass is 429 g/mol. The molecule has 0 aliphatic carbocycles. The van der Waals surface area contributed by atoms with Crippen molar-refractivity contribution >= 4 is 40.3 Å². The number of phenols is 1. The van der Waals surface area contributed by atoms with Crippen LogP contribution in [0, 0.1) is 0 Å². The summed E-state index contributed by atoms with van der Waals surface area (Å²) >= 11 is 6.71. The number of phenolic OH excluding ortho intramolecular Hbond substituents is 1. The predicted octanol–water partition coefficient (Wildman–Crippen LogP) is 5.98. The molecule has 1 N–H and O–H groups in total. The van der Waals surface area contributed by atoms with Crippen LogP contribution in [-0.2, 0) is 22.2 Å². The third kappa shape index (κ3) is 4.59. The maximum absolute atomic E-state index is 12.9. The minimum absolute atomic E-state index is 0.126. The van der Waals surface area contributed by atoms with E-state index in [2.05, 4.69) is 41.5 Å². The molecule has 0 atom stereocenters. The number of hydrogen-bond acceptors (Lipinski definition) is 5. The third-order valence-corrected chi connectivity index (χ3v) is 6.19. The van der Waals surface area contributed by atoms with Crippen LogP contribution < -0.4 is 0 Å². The summed E-state index contributed by atoms with van der Waals surface area (Å²) in [7, 11) is 0. The Morgan fingerprint density at radius 3 is 2.21 bits per heavy atom. The molecule has 2 aromatic rings. The summed E-state index contributed by atoms with van der Waals surface area (Å²) in [6.07, 6.45) is 3.45. The van der Waals surface area contributed by atoms with Crippen LogP contribution in [0.2, 0.25) is 0 Å². The zero-order valence-electron chi connectivity index (χ0n) is 17.7. The normalized spacial score (nSPS) is 16.9. The number of amides is 1. The molecule has 4 nitrogen and oxygen atoms in total. The van der Waals surface area contributed by atoms with Gasteiger partial charge in [-0.1, -0.05) is 65.5 Å². The highest BCUT2D eigenvalue weighted by Crippen LogP contribution is 2.41. The van der Waals surface area contributed by atoms with Crippen molar-refractivity contribution in [1.82, 2.24) is 4.90 Å². The van der Waals surface area contributed by atoms with Crippen molar-refractivity contribution < 1.29 is 14.3 Å². The Bertz CT molecular complexity index is 942. The molecule has 29 heavy (non-hydrogen) atoms. The molecule has 154 valence electrons. The molecule has 1 fully saturated rings. The minimum atomic E-state index is -0.230. The molecule has 0 saturated carbocycles. The Morgan fingerprint density at radius 1 is 1.14 bits per heavy atom. The Morgan fingerprint density at radius 2 is 1.72 bits per heavy atom. The van der Waals surface area contributed by atoms with Gasteiger partial charge in [-0.25, -0.2) is 0 Å². The van der Waals surface area contributed by atoms with E-state index in [0.29, 0.717) is 27.3 Å². The zero-order valence-corrected chi connectivity index (χ0v) is 19.3. The lowest BCUT2D eigenvalue weighted by atomic mass is 9.78. The van der Waals surface area contributed by atoms with Gasteiger partial charge in [0.1, 0.15) is 15.8 Å². The lowest BCUT2D eigenvalue weighted by molar-refractivity contribution is -0.122. The lowest BCUT2D eigenvalue weighted by Gasteiger charge is -2.28. The highest BCUT2D eigenvalue weighted by atomic mass is 32.2. The van der Waals surface area contributed by atoms with Gasteiger partial charge in [0.05, 0.1) is 17.7 Å². The largest absolute Gasteiger partial charge is 0.507 e. The van der Waals surface area contributed by atoms with Crippen LogP contribution in [0.3, 0.4) is 0 Å². The van der Waals surface area contributed by atoms with Gasteiger partial charge in [-0.05, 0) is 46.7 Å². The molecular formula is C23H27NO3S2. The predicted molar refractivity (Wildman–Crippen MR) is 123 cm³/mol. The summed E-state index contributed by atoms with van der Waals surface area (Å²) in [6.45, 7) is 12.7. The maximum atomic E-state index is 12.9. The number of thiocarbonyl (C=S) groups is 1. The van der Waals surface area contributed by atoms with Crippen molar-refractivity contribution in [1.29, 1.82) is 0 Å². The Kier molecular flexibility index (Phi) is 5.71. The molecule has 0 unspecified atom stereocenters. The molecule has 1 aliphatic heterocycles. The highest BCUT2D eigenvalue weighted by molar-refractivity contribution is 8.26. The van der Waals surface area contributed by atoms with E-state index in [-0.39, 0.29) is 16.7 Å². The first-order valence-corrected chi connectivity index (χ1v) is 10.8. The molecule has 0 radical (unpaired) electrons. The second kappa shape index (κ2) is 7.65. The van der Waals surface area contributed by atoms with Crippen molar-refractivity contribution in [2.24, 2.45) is 0 Å². The van der Waals surface area contributed by atoms with E-state index in [1.165, 1.54) is 11.8 Å². The fraction of sp³-hybridized carbons (Fsp3) is 0.391. The molecular weight excluding hydrogens is 402 g/mol. The van der Waals surface area contributed by atoms with Crippen LogP contribution in [-0.4, -0.2) is 20.2 Å². The molecule has 3 rings (SSSR count). The van der Waals surface area contributed by atoms with E-state index >= 15 is 0 Å². The standard InChI is InChI=1S/C23H27NO3S2/c1-22(2,3)16-10-14(11-17(19(16)25)23(4,5)6)12-18-20(26)24(21(28)29-18)13-15-8-7-9-27-15/h7-12,25H,13H2,1-6H3. The number of hydrogen-bond donors (Lipinski definition) is 1. The van der Waals surface area contributed by atoms with E-state index in [0.717, 1.165) is 16.7 Å². The van der Waals surface area contributed by atoms with E-state index in [1.54, 1.807) is 17.2 Å². The van der Waals surface area contributed by atoms with Gasteiger partial charge in [-0.3, -0.25) is 9.69 Å². The molecule has 2 heterocycles. The summed E-state index contributed by atoms with van der Waals surface area (Å²) in [5.41, 5.74) is 2.15. The van der Waals surface area contributed by atoms with Crippen molar-refractivity contribution in [2.45, 2.75) is 58.9 Å². The molecule has 1 aromatic carbocycles. The fourth-order valence-electron chi connectivity index (χ4n) is 3.23. The van der Waals surface area contributed by atoms with Crippen LogP contribution in [0.4, 0.5) is 0 Å². The summed E-state index contributed by atoms with van der Waals surface area (Å²) in [5.74, 6) is 0.892. The van der Waals surface area contributed by atoms with Gasteiger partial charge in [0.25, 0.3) is 5.91 Å². The maximum Gasteiger partial charge on any atom is 0.266 e. The van der Waals surface area contributed by atoms with Crippen LogP contribution >= 0.6 is 24.0 Å². The SMILES string of the molecule is CC(C)(C)c1cc(C=C2SC(=S)N(Cc3ccco3)C2=O)cc(C(C)(C)C)c1O. The Labute approximate surface area is 182 Å². The first kappa shape index (κ1) is 21.7. The zero-order chi connectivity index (χ0) is 21.6. The van der Waals surface area contributed by atoms with E-state index in [4.69, 9.17) is 16.6 Å². The average Bonchev–Trinajstić information content (AvgIpc) is 3.18. The number of nitrogens with zero attached hydrogens (tertiary/aromatic N) is 1. The summed E-state index contributed by atoms with van der Waals surface area (Å²) in [4.78, 5) is 15.1. The molecule has 1 aromatic heterocycles. The number of aromatic hydroxyl groups is 1. The number of rotatable bonds is 3. The summed E-state index contributed by atoms with van der Waals surface area (Å²) in [5, 5.41) is 10.9. The average molecular weight is 430 g/mol. The number of benzene rings is 1. The second-order valence-electron chi connectivity index (χ2n) is 9.31. The topological polar surface area (TPSA) is 53.7 Å². The number of furan rings is 1. The molecule has 1 aliphatic rings. The fourth-order valence-corrected chi connectivity index (χ4v) is 4.48. The van der Waals surface area contributed by atoms with Crippen LogP contribution in [0.15, 0.2) is 39.9 Å². The number of thioether (sulfide) groups is 1. The number of carbonyl (C=O) groups excluding carboxylic acids is 1. The minimum Gasteiger partial charge on any atom is -0.507 e. The van der Waals surface area contributed by atoms with Crippen molar-refractivity contribution in [3.8, 4) is 5.75 Å². The summed E-state index contributed by atoms with van der Waals surface area (Å²) < 4.78 is 5.87. The molecule has 0 bridgehead atoms. The second-order valence-corrected chi connectivity index (χ2v) is 11.0. The van der Waals surface area contributed by atoms with E-state index in [9.17, 15) is 9.90 Å². The van der Waals surface area contributed by atoms with E-state index < -0.39 is 0 Å². The molecule has 0 spiro atoms. The van der Waals surface area contributed by atoms with E-state index in [1.807, 2.05) is 24.3 Å². The first-order chi connectivity index (χ1) is 13.4. The van der Waals surface area contributed by atoms with Crippen molar-refractivity contribution in [3.05, 3.63) is 57.9 Å². The van der Waals surface area contributed by atoms with Gasteiger partial charge in [0.2, 0.25) is 0 Å². The van der Waals surface area contributed by atoms with Crippen LogP contribution in [0.1, 0.15) is 64.0 Å². The van der Waals surface area contributed by atoms with Gasteiger partial charge in [-0.15, -0.1) is 0 Å². The highest BCUT2D eigenvalue weighted by Gasteiger charge is 2.33. The van der Waals surface area contributed by atoms with Crippen molar-refractivity contribution in [2.75, 3.05) is 0 Å². The van der Waals surface area contributed by atoms with Gasteiger partial charge in [0, 0.05) is 11.1 Å². The van der Waals surface area contributed by atoms with Gasteiger partial charge < -0.3 is 9.52 Å². The molecule has 1 saturated heterocycles. The van der Waals surface area contributed by atoms with Crippen molar-refractivity contribution in [3.63, 3.8) is 0 Å². The number of carbonyl (C=O) groups is 1. The molecule has 6 heteroatoms. The smallest absolute Gasteiger partial charge is 0.266 e. The van der Waals surface area contributed by atoms with Gasteiger partial charge in [0.15, 0.2) is 0 Å². The Balaban J connectivity index is 2.01. The van der Waals surface area contributed by atoms with Crippen LogP contribution in [0.5, 0.6) is 5.75 Å².